The third kappa shape index (κ3) is 6.01. The molecular weight excluding hydrogens is 412 g/mol. The van der Waals surface area contributed by atoms with Crippen LogP contribution in [0.15, 0.2) is 34.9 Å². The normalized spacial score (nSPS) is 36.3. The maximum Gasteiger partial charge on any atom is 0.108 e. The van der Waals surface area contributed by atoms with E-state index < -0.39 is 17.8 Å². The van der Waals surface area contributed by atoms with Gasteiger partial charge in [-0.05, 0) is 99.7 Å². The van der Waals surface area contributed by atoms with Crippen LogP contribution in [0.3, 0.4) is 0 Å². The van der Waals surface area contributed by atoms with Crippen LogP contribution in [0.4, 0.5) is 0 Å². The van der Waals surface area contributed by atoms with Crippen LogP contribution in [0.5, 0.6) is 0 Å². The first-order valence-electron chi connectivity index (χ1n) is 13.3. The summed E-state index contributed by atoms with van der Waals surface area (Å²) in [4.78, 5) is 0. The van der Waals surface area contributed by atoms with Gasteiger partial charge < -0.3 is 20.1 Å². The molecule has 188 valence electrons. The maximum absolute atomic E-state index is 10.5. The van der Waals surface area contributed by atoms with Crippen LogP contribution < -0.4 is 0 Å². The third-order valence-electron chi connectivity index (χ3n) is 8.89. The highest BCUT2D eigenvalue weighted by atomic mass is 16.5. The van der Waals surface area contributed by atoms with E-state index in [9.17, 15) is 15.3 Å². The van der Waals surface area contributed by atoms with Crippen molar-refractivity contribution in [3.05, 3.63) is 34.9 Å². The van der Waals surface area contributed by atoms with E-state index in [4.69, 9.17) is 4.74 Å². The SMILES string of the molecule is CCO[C@@H]1C(/C=C\C2=CCC[C@@]3(C)[C@@H]2CC[C@@H]3[C@H](C)CCCC(C)(C)O)=C(C)[C@@H](O)C[C@@H]1O. The van der Waals surface area contributed by atoms with Crippen LogP contribution in [0.1, 0.15) is 92.9 Å². The summed E-state index contributed by atoms with van der Waals surface area (Å²) in [5.41, 5.74) is 3.02. The van der Waals surface area contributed by atoms with Gasteiger partial charge >= 0.3 is 0 Å². The van der Waals surface area contributed by atoms with Crippen LogP contribution in [-0.4, -0.2) is 45.8 Å². The minimum Gasteiger partial charge on any atom is -0.390 e. The van der Waals surface area contributed by atoms with Gasteiger partial charge in [-0.15, -0.1) is 0 Å². The Labute approximate surface area is 201 Å². The van der Waals surface area contributed by atoms with Gasteiger partial charge in [0.1, 0.15) is 6.10 Å². The monoisotopic (exact) mass is 460 g/mol. The summed E-state index contributed by atoms with van der Waals surface area (Å²) in [5, 5.41) is 31.0. The van der Waals surface area contributed by atoms with E-state index in [-0.39, 0.29) is 6.10 Å². The molecule has 0 aliphatic heterocycles. The Morgan fingerprint density at radius 3 is 2.64 bits per heavy atom. The van der Waals surface area contributed by atoms with E-state index >= 15 is 0 Å². The van der Waals surface area contributed by atoms with Crippen molar-refractivity contribution in [2.24, 2.45) is 23.2 Å². The number of rotatable bonds is 9. The molecule has 3 aliphatic carbocycles. The lowest BCUT2D eigenvalue weighted by atomic mass is 9.62. The molecule has 3 rings (SSSR count). The highest BCUT2D eigenvalue weighted by molar-refractivity contribution is 5.39. The van der Waals surface area contributed by atoms with Gasteiger partial charge in [0.05, 0.1) is 17.8 Å². The van der Waals surface area contributed by atoms with Crippen molar-refractivity contribution >= 4 is 0 Å². The molecule has 7 atom stereocenters. The number of fused-ring (bicyclic) bond motifs is 1. The number of allylic oxidation sites excluding steroid dienone is 3. The van der Waals surface area contributed by atoms with Gasteiger partial charge in [-0.1, -0.05) is 44.9 Å². The highest BCUT2D eigenvalue weighted by Gasteiger charge is 2.49. The summed E-state index contributed by atoms with van der Waals surface area (Å²) in [6, 6.07) is 0. The first-order chi connectivity index (χ1) is 15.5. The lowest BCUT2D eigenvalue weighted by Crippen LogP contribution is -2.39. The lowest BCUT2D eigenvalue weighted by molar-refractivity contribution is -0.0373. The Balaban J connectivity index is 1.74. The second-order valence-corrected chi connectivity index (χ2v) is 11.8. The summed E-state index contributed by atoms with van der Waals surface area (Å²) in [6.07, 6.45) is 13.5. The fourth-order valence-electron chi connectivity index (χ4n) is 6.99. The van der Waals surface area contributed by atoms with Gasteiger partial charge in [-0.25, -0.2) is 0 Å². The van der Waals surface area contributed by atoms with Crippen molar-refractivity contribution in [3.63, 3.8) is 0 Å². The van der Waals surface area contributed by atoms with Gasteiger partial charge in [-0.3, -0.25) is 0 Å². The smallest absolute Gasteiger partial charge is 0.108 e. The minimum absolute atomic E-state index is 0.316. The maximum atomic E-state index is 10.5. The predicted molar refractivity (Wildman–Crippen MR) is 135 cm³/mol. The topological polar surface area (TPSA) is 69.9 Å². The highest BCUT2D eigenvalue weighted by Crippen LogP contribution is 2.58. The van der Waals surface area contributed by atoms with Gasteiger partial charge in [0.25, 0.3) is 0 Å². The van der Waals surface area contributed by atoms with Crippen molar-refractivity contribution in [1.29, 1.82) is 0 Å². The summed E-state index contributed by atoms with van der Waals surface area (Å²) in [5.74, 6) is 1.95. The largest absolute Gasteiger partial charge is 0.390 e. The summed E-state index contributed by atoms with van der Waals surface area (Å²) < 4.78 is 5.88. The molecule has 0 unspecified atom stereocenters. The number of ether oxygens (including phenoxy) is 1. The molecule has 0 amide bonds. The first-order valence-corrected chi connectivity index (χ1v) is 13.3. The van der Waals surface area contributed by atoms with Gasteiger partial charge in [0.2, 0.25) is 0 Å². The molecule has 0 bridgehead atoms. The van der Waals surface area contributed by atoms with E-state index in [0.717, 1.165) is 36.3 Å². The summed E-state index contributed by atoms with van der Waals surface area (Å²) in [7, 11) is 0. The second-order valence-electron chi connectivity index (χ2n) is 11.8. The van der Waals surface area contributed by atoms with Crippen LogP contribution in [-0.2, 0) is 4.74 Å². The van der Waals surface area contributed by atoms with E-state index in [1.807, 2.05) is 27.7 Å². The molecule has 4 nitrogen and oxygen atoms in total. The van der Waals surface area contributed by atoms with Crippen molar-refractivity contribution in [2.75, 3.05) is 6.61 Å². The molecule has 4 heteroatoms. The molecule has 0 aromatic carbocycles. The third-order valence-corrected chi connectivity index (χ3v) is 8.89. The fraction of sp³-hybridized carbons (Fsp3) is 0.793. The van der Waals surface area contributed by atoms with Crippen LogP contribution in [0.2, 0.25) is 0 Å². The number of hydrogen-bond acceptors (Lipinski definition) is 4. The van der Waals surface area contributed by atoms with Gasteiger partial charge in [0.15, 0.2) is 0 Å². The molecule has 3 N–H and O–H groups in total. The number of aliphatic hydroxyl groups is 3. The molecule has 1 fully saturated rings. The second kappa shape index (κ2) is 10.8. The standard InChI is InChI=1S/C29H48O4/c1-7-33-27-22(20(3)25(30)18-26(27)31)13-12-21-11-9-17-29(6)23(14-15-24(21)29)19(2)10-8-16-28(4,5)32/h11-13,19,23-27,30-32H,7-10,14-18H2,1-6H3/b13-12-/t19-,23-,24-,25+,26+,27-,29-/m1/s1. The van der Waals surface area contributed by atoms with Crippen LogP contribution in [0.25, 0.3) is 0 Å². The minimum atomic E-state index is -0.672. The van der Waals surface area contributed by atoms with Crippen LogP contribution in [0, 0.1) is 23.2 Å². The van der Waals surface area contributed by atoms with E-state index in [2.05, 4.69) is 32.1 Å². The Hall–Kier alpha value is -0.940. The molecule has 33 heavy (non-hydrogen) atoms. The molecule has 0 spiro atoms. The zero-order valence-corrected chi connectivity index (χ0v) is 21.8. The molecule has 1 saturated carbocycles. The van der Waals surface area contributed by atoms with E-state index in [1.165, 1.54) is 31.3 Å². The van der Waals surface area contributed by atoms with E-state index in [1.54, 1.807) is 0 Å². The molecule has 0 saturated heterocycles. The molecule has 3 aliphatic rings. The molecule has 0 aromatic heterocycles. The van der Waals surface area contributed by atoms with E-state index in [0.29, 0.717) is 30.3 Å². The first kappa shape index (κ1) is 26.7. The number of hydrogen-bond donors (Lipinski definition) is 3. The van der Waals surface area contributed by atoms with Gasteiger partial charge in [0, 0.05) is 13.0 Å². The average molecular weight is 461 g/mol. The fourth-order valence-corrected chi connectivity index (χ4v) is 6.99. The quantitative estimate of drug-likeness (QED) is 0.412. The molecular formula is C29H48O4. The summed E-state index contributed by atoms with van der Waals surface area (Å²) >= 11 is 0. The van der Waals surface area contributed by atoms with Gasteiger partial charge in [-0.2, -0.15) is 0 Å². The zero-order chi connectivity index (χ0) is 24.4. The average Bonchev–Trinajstić information content (AvgIpc) is 3.08. The molecule has 0 radical (unpaired) electrons. The van der Waals surface area contributed by atoms with Crippen molar-refractivity contribution in [3.8, 4) is 0 Å². The molecule has 0 aromatic rings. The van der Waals surface area contributed by atoms with Crippen molar-refractivity contribution in [1.82, 2.24) is 0 Å². The van der Waals surface area contributed by atoms with Crippen molar-refractivity contribution < 1.29 is 20.1 Å². The predicted octanol–water partition coefficient (Wildman–Crippen LogP) is 5.72. The van der Waals surface area contributed by atoms with Crippen LogP contribution >= 0.6 is 0 Å². The molecule has 0 heterocycles. The lowest BCUT2D eigenvalue weighted by Gasteiger charge is -2.43. The Kier molecular flexibility index (Phi) is 8.70. The zero-order valence-electron chi connectivity index (χ0n) is 21.8. The Bertz CT molecular complexity index is 758. The Morgan fingerprint density at radius 2 is 1.97 bits per heavy atom. The summed E-state index contributed by atoms with van der Waals surface area (Å²) in [6.45, 7) is 13.2. The number of aliphatic hydroxyl groups excluding tert-OH is 2. The Morgan fingerprint density at radius 1 is 1.24 bits per heavy atom. The van der Waals surface area contributed by atoms with Crippen molar-refractivity contribution in [2.45, 2.75) is 117 Å².